The minimum Gasteiger partial charge on any atom is -0.422 e. The van der Waals surface area contributed by atoms with Gasteiger partial charge in [0.05, 0.1) is 11.9 Å². The third-order valence-corrected chi connectivity index (χ3v) is 4.70. The number of benzene rings is 2. The lowest BCUT2D eigenvalue weighted by molar-refractivity contribution is 0.481. The summed E-state index contributed by atoms with van der Waals surface area (Å²) in [6.07, 6.45) is 3.58. The second-order valence-corrected chi connectivity index (χ2v) is 7.45. The van der Waals surface area contributed by atoms with Crippen LogP contribution in [0.15, 0.2) is 70.3 Å². The minimum atomic E-state index is 0.0730. The third kappa shape index (κ3) is 4.38. The second kappa shape index (κ2) is 8.67. The normalized spacial score (nSPS) is 11.2. The standard InChI is InChI=1S/C24H22N6O/c1-16(2)23-27-21(13-25)24(31-23)28-26-14-19-15-30(20-7-5-4-6-8-20)29-22(19)18-11-9-17(3)10-12-18/h4-12,14-16,28H,1-3H3. The Morgan fingerprint density at radius 3 is 2.55 bits per heavy atom. The van der Waals surface area contributed by atoms with E-state index in [1.54, 1.807) is 6.21 Å². The van der Waals surface area contributed by atoms with Crippen molar-refractivity contribution in [1.29, 1.82) is 5.26 Å². The lowest BCUT2D eigenvalue weighted by atomic mass is 10.1. The Labute approximate surface area is 180 Å². The Kier molecular flexibility index (Phi) is 5.63. The van der Waals surface area contributed by atoms with Crippen molar-refractivity contribution < 1.29 is 4.42 Å². The van der Waals surface area contributed by atoms with Crippen molar-refractivity contribution in [3.05, 3.63) is 83.5 Å². The van der Waals surface area contributed by atoms with Gasteiger partial charge in [0.2, 0.25) is 11.6 Å². The molecule has 0 saturated carbocycles. The van der Waals surface area contributed by atoms with Gasteiger partial charge in [-0.05, 0) is 19.1 Å². The molecule has 0 bridgehead atoms. The summed E-state index contributed by atoms with van der Waals surface area (Å²) in [5, 5.41) is 18.4. The fraction of sp³-hybridized carbons (Fsp3) is 0.167. The molecule has 0 atom stereocenters. The molecule has 0 radical (unpaired) electrons. The third-order valence-electron chi connectivity index (χ3n) is 4.70. The summed E-state index contributed by atoms with van der Waals surface area (Å²) >= 11 is 0. The van der Waals surface area contributed by atoms with Crippen LogP contribution in [0.25, 0.3) is 16.9 Å². The highest BCUT2D eigenvalue weighted by Crippen LogP contribution is 2.24. The highest BCUT2D eigenvalue weighted by Gasteiger charge is 2.15. The molecule has 4 aromatic rings. The zero-order valence-electron chi connectivity index (χ0n) is 17.6. The molecule has 31 heavy (non-hydrogen) atoms. The fourth-order valence-electron chi connectivity index (χ4n) is 3.03. The van der Waals surface area contributed by atoms with Gasteiger partial charge in [0.1, 0.15) is 11.8 Å². The van der Waals surface area contributed by atoms with Crippen LogP contribution in [0.5, 0.6) is 0 Å². The summed E-state index contributed by atoms with van der Waals surface area (Å²) in [4.78, 5) is 4.19. The second-order valence-electron chi connectivity index (χ2n) is 7.45. The van der Waals surface area contributed by atoms with Gasteiger partial charge < -0.3 is 4.42 Å². The number of hydrazone groups is 1. The Balaban J connectivity index is 1.68. The molecular weight excluding hydrogens is 388 g/mol. The summed E-state index contributed by atoms with van der Waals surface area (Å²) in [5.74, 6) is 0.796. The predicted molar refractivity (Wildman–Crippen MR) is 120 cm³/mol. The summed E-state index contributed by atoms with van der Waals surface area (Å²) in [6.45, 7) is 5.95. The van der Waals surface area contributed by atoms with E-state index in [1.807, 2.05) is 80.2 Å². The molecule has 0 amide bonds. The number of aromatic nitrogens is 3. The number of nitrogens with one attached hydrogen (secondary N) is 1. The molecule has 1 N–H and O–H groups in total. The van der Waals surface area contributed by atoms with E-state index in [9.17, 15) is 5.26 Å². The lowest BCUT2D eigenvalue weighted by Crippen LogP contribution is -1.93. The SMILES string of the molecule is Cc1ccc(-c2nn(-c3ccccc3)cc2C=NNc2oc(C(C)C)nc2C#N)cc1. The van der Waals surface area contributed by atoms with Crippen LogP contribution in [0.3, 0.4) is 0 Å². The van der Waals surface area contributed by atoms with Gasteiger partial charge >= 0.3 is 0 Å². The summed E-state index contributed by atoms with van der Waals surface area (Å²) in [5.41, 5.74) is 7.73. The molecule has 0 saturated heterocycles. The number of anilines is 1. The van der Waals surface area contributed by atoms with Gasteiger partial charge in [-0.15, -0.1) is 0 Å². The maximum Gasteiger partial charge on any atom is 0.252 e. The summed E-state index contributed by atoms with van der Waals surface area (Å²) in [7, 11) is 0. The van der Waals surface area contributed by atoms with E-state index < -0.39 is 0 Å². The zero-order chi connectivity index (χ0) is 21.8. The van der Waals surface area contributed by atoms with Crippen LogP contribution < -0.4 is 5.43 Å². The molecule has 2 heterocycles. The first-order valence-electron chi connectivity index (χ1n) is 9.97. The van der Waals surface area contributed by atoms with E-state index in [4.69, 9.17) is 9.52 Å². The molecule has 4 rings (SSSR count). The largest absolute Gasteiger partial charge is 0.422 e. The van der Waals surface area contributed by atoms with Gasteiger partial charge in [0, 0.05) is 23.2 Å². The molecule has 0 aliphatic carbocycles. The number of hydrogen-bond acceptors (Lipinski definition) is 6. The van der Waals surface area contributed by atoms with Gasteiger partial charge in [-0.25, -0.2) is 15.1 Å². The molecule has 154 valence electrons. The first-order valence-corrected chi connectivity index (χ1v) is 9.97. The van der Waals surface area contributed by atoms with Crippen molar-refractivity contribution in [3.8, 4) is 23.0 Å². The monoisotopic (exact) mass is 410 g/mol. The molecule has 0 aliphatic rings. The average Bonchev–Trinajstić information content (AvgIpc) is 3.40. The number of para-hydroxylation sites is 1. The maximum absolute atomic E-state index is 9.30. The fourth-order valence-corrected chi connectivity index (χ4v) is 3.03. The number of rotatable bonds is 6. The molecule has 0 spiro atoms. The van der Waals surface area contributed by atoms with E-state index >= 15 is 0 Å². The number of aryl methyl sites for hydroxylation is 1. The summed E-state index contributed by atoms with van der Waals surface area (Å²) in [6, 6.07) is 20.1. The number of oxazole rings is 1. The van der Waals surface area contributed by atoms with Crippen LogP contribution in [0.1, 0.15) is 42.5 Å². The molecule has 7 heteroatoms. The Hall–Kier alpha value is -4.18. The lowest BCUT2D eigenvalue weighted by Gasteiger charge is -2.01. The number of hydrogen-bond donors (Lipinski definition) is 1. The van der Waals surface area contributed by atoms with Crippen LogP contribution in [-0.2, 0) is 0 Å². The van der Waals surface area contributed by atoms with Crippen LogP contribution >= 0.6 is 0 Å². The van der Waals surface area contributed by atoms with Crippen molar-refractivity contribution in [2.75, 3.05) is 5.43 Å². The Morgan fingerprint density at radius 2 is 1.87 bits per heavy atom. The van der Waals surface area contributed by atoms with Crippen molar-refractivity contribution in [1.82, 2.24) is 14.8 Å². The van der Waals surface area contributed by atoms with Crippen LogP contribution in [0.4, 0.5) is 5.88 Å². The van der Waals surface area contributed by atoms with E-state index in [0.29, 0.717) is 5.89 Å². The van der Waals surface area contributed by atoms with E-state index in [1.165, 1.54) is 5.56 Å². The van der Waals surface area contributed by atoms with Gasteiger partial charge in [-0.3, -0.25) is 0 Å². The molecular formula is C24H22N6O. The molecule has 2 aromatic carbocycles. The summed E-state index contributed by atoms with van der Waals surface area (Å²) < 4.78 is 7.45. The van der Waals surface area contributed by atoms with E-state index in [0.717, 1.165) is 22.5 Å². The first kappa shape index (κ1) is 20.1. The predicted octanol–water partition coefficient (Wildman–Crippen LogP) is 5.28. The highest BCUT2D eigenvalue weighted by atomic mass is 16.4. The quantitative estimate of drug-likeness (QED) is 0.345. The van der Waals surface area contributed by atoms with Crippen molar-refractivity contribution in [3.63, 3.8) is 0 Å². The molecule has 0 fully saturated rings. The molecule has 2 aromatic heterocycles. The van der Waals surface area contributed by atoms with Crippen LogP contribution in [-0.4, -0.2) is 21.0 Å². The number of nitriles is 1. The Morgan fingerprint density at radius 1 is 1.13 bits per heavy atom. The zero-order valence-corrected chi connectivity index (χ0v) is 17.6. The molecule has 0 unspecified atom stereocenters. The maximum atomic E-state index is 9.30. The van der Waals surface area contributed by atoms with Crippen LogP contribution in [0, 0.1) is 18.3 Å². The topological polar surface area (TPSA) is 92.0 Å². The average molecular weight is 410 g/mol. The van der Waals surface area contributed by atoms with Crippen molar-refractivity contribution in [2.45, 2.75) is 26.7 Å². The highest BCUT2D eigenvalue weighted by molar-refractivity contribution is 5.89. The van der Waals surface area contributed by atoms with Gasteiger partial charge in [-0.1, -0.05) is 61.9 Å². The molecule has 7 nitrogen and oxygen atoms in total. The van der Waals surface area contributed by atoms with E-state index in [-0.39, 0.29) is 17.5 Å². The van der Waals surface area contributed by atoms with Gasteiger partial charge in [0.15, 0.2) is 0 Å². The van der Waals surface area contributed by atoms with E-state index in [2.05, 4.69) is 27.6 Å². The minimum absolute atomic E-state index is 0.0730. The Bertz CT molecular complexity index is 1240. The first-order chi connectivity index (χ1) is 15.0. The smallest absolute Gasteiger partial charge is 0.252 e. The van der Waals surface area contributed by atoms with Crippen molar-refractivity contribution in [2.24, 2.45) is 5.10 Å². The number of nitrogens with zero attached hydrogens (tertiary/aromatic N) is 5. The van der Waals surface area contributed by atoms with Gasteiger partial charge in [-0.2, -0.15) is 15.5 Å². The van der Waals surface area contributed by atoms with Crippen LogP contribution in [0.2, 0.25) is 0 Å². The van der Waals surface area contributed by atoms with Crippen molar-refractivity contribution >= 4 is 12.1 Å². The molecule has 0 aliphatic heterocycles. The van der Waals surface area contributed by atoms with Gasteiger partial charge in [0.25, 0.3) is 5.88 Å².